The van der Waals surface area contributed by atoms with Crippen LogP contribution in [0.5, 0.6) is 5.75 Å². The fraction of sp³-hybridized carbons (Fsp3) is 0.294. The van der Waals surface area contributed by atoms with Gasteiger partial charge in [-0.3, -0.25) is 5.32 Å². The lowest BCUT2D eigenvalue weighted by atomic mass is 10.1. The lowest BCUT2D eigenvalue weighted by Crippen LogP contribution is -2.39. The molecule has 1 aromatic carbocycles. The van der Waals surface area contributed by atoms with Gasteiger partial charge in [0.1, 0.15) is 29.3 Å². The van der Waals surface area contributed by atoms with Gasteiger partial charge in [-0.05, 0) is 24.3 Å². The van der Waals surface area contributed by atoms with Crippen LogP contribution in [0.1, 0.15) is 12.8 Å². The molecular weight excluding hydrogens is 332 g/mol. The molecule has 3 rings (SSSR count). The van der Waals surface area contributed by atoms with E-state index in [1.165, 1.54) is 30.5 Å². The van der Waals surface area contributed by atoms with E-state index in [9.17, 15) is 13.6 Å². The van der Waals surface area contributed by atoms with Crippen LogP contribution in [-0.2, 0) is 4.74 Å². The Labute approximate surface area is 143 Å². The minimum absolute atomic E-state index is 0.000635. The van der Waals surface area contributed by atoms with Crippen molar-refractivity contribution in [3.05, 3.63) is 48.2 Å². The molecule has 0 atom stereocenters. The minimum atomic E-state index is -0.635. The summed E-state index contributed by atoms with van der Waals surface area (Å²) >= 11 is 0. The summed E-state index contributed by atoms with van der Waals surface area (Å²) in [7, 11) is 0. The van der Waals surface area contributed by atoms with Crippen LogP contribution in [0.15, 0.2) is 36.5 Å². The topological polar surface area (TPSA) is 74.7 Å². The number of carbonyl (C=O) groups is 1. The normalized spacial score (nSPS) is 15.0. The monoisotopic (exact) mass is 349 g/mol. The first-order chi connectivity index (χ1) is 12.0. The van der Waals surface area contributed by atoms with Gasteiger partial charge in [0.15, 0.2) is 0 Å². The van der Waals surface area contributed by atoms with E-state index in [1.807, 2.05) is 0 Å². The molecule has 1 aliphatic rings. The molecule has 1 fully saturated rings. The summed E-state index contributed by atoms with van der Waals surface area (Å²) in [4.78, 5) is 17.5. The quantitative estimate of drug-likeness (QED) is 0.889. The highest BCUT2D eigenvalue weighted by molar-refractivity contribution is 5.83. The highest BCUT2D eigenvalue weighted by atomic mass is 19.1. The van der Waals surface area contributed by atoms with Gasteiger partial charge in [-0.2, -0.15) is 0 Å². The molecule has 1 amide bonds. The number of nitrogens with zero attached hydrogens (tertiary/aromatic N) is 2. The SMILES string of the molecule is O=C(Nc1ccc(O)cn1)OC1CCN(c2ccc(F)cc2F)CC1. The van der Waals surface area contributed by atoms with Crippen molar-refractivity contribution in [2.75, 3.05) is 23.3 Å². The molecule has 0 saturated carbocycles. The van der Waals surface area contributed by atoms with Gasteiger partial charge < -0.3 is 14.7 Å². The van der Waals surface area contributed by atoms with E-state index in [2.05, 4.69) is 10.3 Å². The van der Waals surface area contributed by atoms with Crippen molar-refractivity contribution in [2.45, 2.75) is 18.9 Å². The van der Waals surface area contributed by atoms with Gasteiger partial charge in [0.25, 0.3) is 0 Å². The number of nitrogens with one attached hydrogen (secondary N) is 1. The second kappa shape index (κ2) is 7.33. The third-order valence-electron chi connectivity index (χ3n) is 3.94. The summed E-state index contributed by atoms with van der Waals surface area (Å²) in [6.07, 6.45) is 1.35. The molecule has 0 spiro atoms. The lowest BCUT2D eigenvalue weighted by Gasteiger charge is -2.33. The predicted octanol–water partition coefficient (Wildman–Crippen LogP) is 3.28. The number of ether oxygens (including phenoxy) is 1. The molecule has 2 N–H and O–H groups in total. The summed E-state index contributed by atoms with van der Waals surface area (Å²) in [5, 5.41) is 11.6. The van der Waals surface area contributed by atoms with Crippen LogP contribution in [0.4, 0.5) is 25.1 Å². The van der Waals surface area contributed by atoms with Crippen LogP contribution in [0.3, 0.4) is 0 Å². The molecule has 0 radical (unpaired) electrons. The Bertz CT molecular complexity index is 747. The van der Waals surface area contributed by atoms with Crippen LogP contribution >= 0.6 is 0 Å². The lowest BCUT2D eigenvalue weighted by molar-refractivity contribution is 0.0949. The van der Waals surface area contributed by atoms with Crippen LogP contribution in [0, 0.1) is 11.6 Å². The molecule has 2 aromatic rings. The second-order valence-corrected chi connectivity index (χ2v) is 5.71. The van der Waals surface area contributed by atoms with Crippen molar-refractivity contribution in [3.8, 4) is 5.75 Å². The van der Waals surface area contributed by atoms with Crippen LogP contribution < -0.4 is 10.2 Å². The number of aromatic hydroxyl groups is 1. The summed E-state index contributed by atoms with van der Waals surface area (Å²) < 4.78 is 32.1. The standard InChI is InChI=1S/C17H17F2N3O3/c18-11-1-3-15(14(19)9-11)22-7-5-13(6-8-22)25-17(24)21-16-4-2-12(23)10-20-16/h1-4,9-10,13,23H,5-8H2,(H,20,21,24). The number of halogens is 2. The first-order valence-electron chi connectivity index (χ1n) is 7.84. The number of carbonyl (C=O) groups excluding carboxylic acids is 1. The van der Waals surface area contributed by atoms with Crippen molar-refractivity contribution < 1.29 is 23.4 Å². The molecule has 25 heavy (non-hydrogen) atoms. The maximum Gasteiger partial charge on any atom is 0.413 e. The Kier molecular flexibility index (Phi) is 4.97. The van der Waals surface area contributed by atoms with E-state index in [1.54, 1.807) is 4.90 Å². The molecule has 132 valence electrons. The number of aromatic nitrogens is 1. The average molecular weight is 349 g/mol. The minimum Gasteiger partial charge on any atom is -0.506 e. The first-order valence-corrected chi connectivity index (χ1v) is 7.84. The highest BCUT2D eigenvalue weighted by Gasteiger charge is 2.24. The van der Waals surface area contributed by atoms with E-state index in [-0.39, 0.29) is 17.7 Å². The third-order valence-corrected chi connectivity index (χ3v) is 3.94. The number of rotatable bonds is 3. The number of amides is 1. The molecule has 1 saturated heterocycles. The zero-order chi connectivity index (χ0) is 17.8. The van der Waals surface area contributed by atoms with Gasteiger partial charge in [-0.15, -0.1) is 0 Å². The third kappa shape index (κ3) is 4.34. The molecule has 8 heteroatoms. The smallest absolute Gasteiger partial charge is 0.413 e. The zero-order valence-corrected chi connectivity index (χ0v) is 13.3. The van der Waals surface area contributed by atoms with Gasteiger partial charge in [-0.25, -0.2) is 18.6 Å². The van der Waals surface area contributed by atoms with E-state index in [0.717, 1.165) is 6.07 Å². The maximum absolute atomic E-state index is 13.8. The highest BCUT2D eigenvalue weighted by Crippen LogP contribution is 2.25. The maximum atomic E-state index is 13.8. The van der Waals surface area contributed by atoms with Gasteiger partial charge in [0, 0.05) is 32.0 Å². The average Bonchev–Trinajstić information content (AvgIpc) is 2.58. The van der Waals surface area contributed by atoms with Gasteiger partial charge in [0.2, 0.25) is 0 Å². The summed E-state index contributed by atoms with van der Waals surface area (Å²) in [6.45, 7) is 0.996. The largest absolute Gasteiger partial charge is 0.506 e. The molecular formula is C17H17F2N3O3. The Morgan fingerprint density at radius 3 is 2.64 bits per heavy atom. The fourth-order valence-corrected chi connectivity index (χ4v) is 2.70. The van der Waals surface area contributed by atoms with Crippen molar-refractivity contribution in [1.29, 1.82) is 0 Å². The van der Waals surface area contributed by atoms with E-state index >= 15 is 0 Å². The molecule has 1 aromatic heterocycles. The van der Waals surface area contributed by atoms with Crippen molar-refractivity contribution in [3.63, 3.8) is 0 Å². The molecule has 0 aliphatic carbocycles. The van der Waals surface area contributed by atoms with Crippen LogP contribution in [0.2, 0.25) is 0 Å². The molecule has 2 heterocycles. The Hall–Kier alpha value is -2.90. The van der Waals surface area contributed by atoms with Crippen LogP contribution in [0.25, 0.3) is 0 Å². The molecule has 1 aliphatic heterocycles. The number of anilines is 2. The van der Waals surface area contributed by atoms with Gasteiger partial charge in [0.05, 0.1) is 11.9 Å². The fourth-order valence-electron chi connectivity index (χ4n) is 2.70. The summed E-state index contributed by atoms with van der Waals surface area (Å²) in [6, 6.07) is 6.35. The number of hydrogen-bond donors (Lipinski definition) is 2. The van der Waals surface area contributed by atoms with Crippen LogP contribution in [-0.4, -0.2) is 35.4 Å². The van der Waals surface area contributed by atoms with Crippen molar-refractivity contribution in [1.82, 2.24) is 4.98 Å². The van der Waals surface area contributed by atoms with E-state index in [4.69, 9.17) is 9.84 Å². The number of piperidine rings is 1. The first kappa shape index (κ1) is 16.9. The van der Waals surface area contributed by atoms with Crippen molar-refractivity contribution in [2.24, 2.45) is 0 Å². The molecule has 0 bridgehead atoms. The Balaban J connectivity index is 1.50. The summed E-state index contributed by atoms with van der Waals surface area (Å²) in [5.41, 5.74) is 0.345. The Morgan fingerprint density at radius 2 is 2.00 bits per heavy atom. The number of benzene rings is 1. The molecule has 0 unspecified atom stereocenters. The van der Waals surface area contributed by atoms with Gasteiger partial charge >= 0.3 is 6.09 Å². The van der Waals surface area contributed by atoms with E-state index < -0.39 is 17.7 Å². The van der Waals surface area contributed by atoms with E-state index in [0.29, 0.717) is 31.6 Å². The summed E-state index contributed by atoms with van der Waals surface area (Å²) in [5.74, 6) is -0.942. The van der Waals surface area contributed by atoms with Crippen molar-refractivity contribution >= 4 is 17.6 Å². The number of pyridine rings is 1. The zero-order valence-electron chi connectivity index (χ0n) is 13.3. The second-order valence-electron chi connectivity index (χ2n) is 5.71. The number of hydrogen-bond acceptors (Lipinski definition) is 5. The predicted molar refractivity (Wildman–Crippen MR) is 87.6 cm³/mol. The van der Waals surface area contributed by atoms with Gasteiger partial charge in [-0.1, -0.05) is 0 Å². The molecule has 6 nitrogen and oxygen atoms in total. The Morgan fingerprint density at radius 1 is 1.24 bits per heavy atom.